The third-order valence-electron chi connectivity index (χ3n) is 6.12. The maximum Gasteiger partial charge on any atom is 0.295 e. The van der Waals surface area contributed by atoms with Crippen LogP contribution in [0.5, 0.6) is 0 Å². The Morgan fingerprint density at radius 1 is 1.00 bits per heavy atom. The number of ketones is 1. The van der Waals surface area contributed by atoms with Crippen LogP contribution in [-0.4, -0.2) is 52.8 Å². The van der Waals surface area contributed by atoms with E-state index in [0.717, 1.165) is 35.3 Å². The summed E-state index contributed by atoms with van der Waals surface area (Å²) in [4.78, 5) is 30.1. The van der Waals surface area contributed by atoms with Crippen LogP contribution in [-0.2, 0) is 9.59 Å². The lowest BCUT2D eigenvalue weighted by molar-refractivity contribution is -0.140. The fourth-order valence-corrected chi connectivity index (χ4v) is 4.57. The number of carbonyl (C=O) groups excluding carboxylic acids is 2. The van der Waals surface area contributed by atoms with Gasteiger partial charge in [-0.05, 0) is 50.6 Å². The van der Waals surface area contributed by atoms with Gasteiger partial charge in [-0.15, -0.1) is 0 Å². The summed E-state index contributed by atoms with van der Waals surface area (Å²) in [6.45, 7) is 12.8. The van der Waals surface area contributed by atoms with Gasteiger partial charge in [0.2, 0.25) is 0 Å². The molecular formula is C26H32N2O3. The molecule has 0 aromatic heterocycles. The first-order chi connectivity index (χ1) is 14.8. The number of aliphatic hydroxyl groups excluding tert-OH is 1. The van der Waals surface area contributed by atoms with Crippen molar-refractivity contribution in [3.05, 3.63) is 75.9 Å². The zero-order chi connectivity index (χ0) is 22.7. The third-order valence-corrected chi connectivity index (χ3v) is 6.12. The zero-order valence-corrected chi connectivity index (χ0v) is 19.1. The Morgan fingerprint density at radius 3 is 2.13 bits per heavy atom. The van der Waals surface area contributed by atoms with Crippen LogP contribution in [0.3, 0.4) is 0 Å². The lowest BCUT2D eigenvalue weighted by Crippen LogP contribution is -2.38. The summed E-state index contributed by atoms with van der Waals surface area (Å²) >= 11 is 0. The molecule has 3 rings (SSSR count). The van der Waals surface area contributed by atoms with E-state index in [4.69, 9.17) is 0 Å². The van der Waals surface area contributed by atoms with Crippen molar-refractivity contribution in [2.75, 3.05) is 26.2 Å². The minimum atomic E-state index is -0.620. The molecule has 31 heavy (non-hydrogen) atoms. The molecule has 1 atom stereocenters. The molecule has 5 nitrogen and oxygen atoms in total. The van der Waals surface area contributed by atoms with Gasteiger partial charge in [0, 0.05) is 18.7 Å². The lowest BCUT2D eigenvalue weighted by Gasteiger charge is -2.28. The molecular weight excluding hydrogens is 388 g/mol. The van der Waals surface area contributed by atoms with Crippen molar-refractivity contribution in [3.63, 3.8) is 0 Å². The number of aliphatic hydroxyl groups is 1. The Hall–Kier alpha value is -2.92. The van der Waals surface area contributed by atoms with Crippen LogP contribution in [0, 0.1) is 20.8 Å². The van der Waals surface area contributed by atoms with Crippen molar-refractivity contribution in [3.8, 4) is 0 Å². The van der Waals surface area contributed by atoms with Crippen molar-refractivity contribution >= 4 is 17.4 Å². The highest BCUT2D eigenvalue weighted by Gasteiger charge is 2.46. The van der Waals surface area contributed by atoms with Gasteiger partial charge in [0.15, 0.2) is 0 Å². The second-order valence-corrected chi connectivity index (χ2v) is 8.20. The molecule has 1 aliphatic rings. The highest BCUT2D eigenvalue weighted by atomic mass is 16.3. The molecule has 0 saturated carbocycles. The fraction of sp³-hybridized carbons (Fsp3) is 0.385. The number of nitrogens with zero attached hydrogens (tertiary/aromatic N) is 2. The molecule has 0 aliphatic carbocycles. The Labute approximate surface area is 185 Å². The molecule has 0 spiro atoms. The molecule has 0 unspecified atom stereocenters. The average molecular weight is 421 g/mol. The number of rotatable bonds is 7. The maximum atomic E-state index is 13.2. The summed E-state index contributed by atoms with van der Waals surface area (Å²) < 4.78 is 0. The summed E-state index contributed by atoms with van der Waals surface area (Å²) in [5.41, 5.74) is 4.49. The van der Waals surface area contributed by atoms with Crippen molar-refractivity contribution < 1.29 is 14.7 Å². The SMILES string of the molecule is CCN(CC)CCN1C(=O)C(=O)C(=C(O)c2c(C)cc(C)cc2C)[C@H]1c1ccccc1. The van der Waals surface area contributed by atoms with Crippen LogP contribution in [0.25, 0.3) is 5.76 Å². The van der Waals surface area contributed by atoms with Crippen LogP contribution < -0.4 is 0 Å². The predicted molar refractivity (Wildman–Crippen MR) is 124 cm³/mol. The van der Waals surface area contributed by atoms with Gasteiger partial charge in [-0.2, -0.15) is 0 Å². The molecule has 1 fully saturated rings. The fourth-order valence-electron chi connectivity index (χ4n) is 4.57. The van der Waals surface area contributed by atoms with Crippen LogP contribution in [0.1, 0.15) is 47.7 Å². The molecule has 1 saturated heterocycles. The van der Waals surface area contributed by atoms with Gasteiger partial charge in [-0.1, -0.05) is 61.9 Å². The second kappa shape index (κ2) is 9.48. The van der Waals surface area contributed by atoms with E-state index in [9.17, 15) is 14.7 Å². The van der Waals surface area contributed by atoms with Crippen LogP contribution in [0.4, 0.5) is 0 Å². The van der Waals surface area contributed by atoms with E-state index in [2.05, 4.69) is 18.7 Å². The summed E-state index contributed by atoms with van der Waals surface area (Å²) in [7, 11) is 0. The number of hydrogen-bond donors (Lipinski definition) is 1. The van der Waals surface area contributed by atoms with Gasteiger partial charge < -0.3 is 14.9 Å². The van der Waals surface area contributed by atoms with E-state index in [1.165, 1.54) is 0 Å². The van der Waals surface area contributed by atoms with Crippen molar-refractivity contribution in [2.24, 2.45) is 0 Å². The first-order valence-corrected chi connectivity index (χ1v) is 10.9. The number of amides is 1. The van der Waals surface area contributed by atoms with E-state index in [1.54, 1.807) is 4.90 Å². The normalized spacial score (nSPS) is 18.3. The number of benzene rings is 2. The van der Waals surface area contributed by atoms with Gasteiger partial charge in [-0.25, -0.2) is 0 Å². The van der Waals surface area contributed by atoms with Crippen LogP contribution in [0.2, 0.25) is 0 Å². The van der Waals surface area contributed by atoms with Gasteiger partial charge >= 0.3 is 0 Å². The van der Waals surface area contributed by atoms with Gasteiger partial charge in [-0.3, -0.25) is 9.59 Å². The monoisotopic (exact) mass is 420 g/mol. The molecule has 5 heteroatoms. The van der Waals surface area contributed by atoms with Gasteiger partial charge in [0.05, 0.1) is 11.6 Å². The number of hydrogen-bond acceptors (Lipinski definition) is 4. The maximum absolute atomic E-state index is 13.2. The average Bonchev–Trinajstić information content (AvgIpc) is 2.99. The van der Waals surface area contributed by atoms with Crippen molar-refractivity contribution in [2.45, 2.75) is 40.7 Å². The highest BCUT2D eigenvalue weighted by Crippen LogP contribution is 2.40. The molecule has 164 valence electrons. The first kappa shape index (κ1) is 22.8. The quantitative estimate of drug-likeness (QED) is 0.410. The number of likely N-dealkylation sites (N-methyl/N-ethyl adjacent to an activating group) is 1. The first-order valence-electron chi connectivity index (χ1n) is 10.9. The molecule has 1 N–H and O–H groups in total. The Bertz CT molecular complexity index is 984. The summed E-state index contributed by atoms with van der Waals surface area (Å²) in [6.07, 6.45) is 0. The third kappa shape index (κ3) is 4.42. The molecule has 1 aliphatic heterocycles. The molecule has 2 aromatic rings. The molecule has 0 radical (unpaired) electrons. The van der Waals surface area contributed by atoms with E-state index in [-0.39, 0.29) is 11.3 Å². The summed E-state index contributed by atoms with van der Waals surface area (Å²) in [5.74, 6) is -1.26. The topological polar surface area (TPSA) is 60.9 Å². The summed E-state index contributed by atoms with van der Waals surface area (Å²) in [6, 6.07) is 12.9. The summed E-state index contributed by atoms with van der Waals surface area (Å²) in [5, 5.41) is 11.3. The molecule has 2 aromatic carbocycles. The largest absolute Gasteiger partial charge is 0.507 e. The Kier molecular flexibility index (Phi) is 6.96. The van der Waals surface area contributed by atoms with Gasteiger partial charge in [0.25, 0.3) is 11.7 Å². The predicted octanol–water partition coefficient (Wildman–Crippen LogP) is 4.38. The van der Waals surface area contributed by atoms with Crippen LogP contribution >= 0.6 is 0 Å². The van der Waals surface area contributed by atoms with Crippen LogP contribution in [0.15, 0.2) is 48.0 Å². The molecule has 1 heterocycles. The highest BCUT2D eigenvalue weighted by molar-refractivity contribution is 6.46. The number of carbonyl (C=O) groups is 2. The number of Topliss-reactive ketones (excluding diaryl/α,β-unsaturated/α-hetero) is 1. The molecule has 0 bridgehead atoms. The lowest BCUT2D eigenvalue weighted by atomic mass is 9.91. The number of aryl methyl sites for hydroxylation is 3. The van der Waals surface area contributed by atoms with E-state index in [1.807, 2.05) is 63.2 Å². The van der Waals surface area contributed by atoms with Crippen molar-refractivity contribution in [1.29, 1.82) is 0 Å². The van der Waals surface area contributed by atoms with E-state index < -0.39 is 17.7 Å². The van der Waals surface area contributed by atoms with Crippen molar-refractivity contribution in [1.82, 2.24) is 9.80 Å². The Morgan fingerprint density at radius 2 is 1.58 bits per heavy atom. The number of likely N-dealkylation sites (tertiary alicyclic amines) is 1. The smallest absolute Gasteiger partial charge is 0.295 e. The minimum absolute atomic E-state index is 0.0902. The van der Waals surface area contributed by atoms with E-state index in [0.29, 0.717) is 18.7 Å². The van der Waals surface area contributed by atoms with E-state index >= 15 is 0 Å². The Balaban J connectivity index is 2.15. The standard InChI is InChI=1S/C26H32N2O3/c1-6-27(7-2)13-14-28-23(20-11-9-8-10-12-20)22(25(30)26(28)31)24(29)21-18(4)15-17(3)16-19(21)5/h8-12,15-16,23,29H,6-7,13-14H2,1-5H3/t23-/m1/s1. The van der Waals surface area contributed by atoms with Gasteiger partial charge in [0.1, 0.15) is 5.76 Å². The molecule has 1 amide bonds. The zero-order valence-electron chi connectivity index (χ0n) is 19.1. The second-order valence-electron chi connectivity index (χ2n) is 8.20. The minimum Gasteiger partial charge on any atom is -0.507 e.